The molecule has 2 aromatic heterocycles. The molecule has 7 nitrogen and oxygen atoms in total. The van der Waals surface area contributed by atoms with E-state index in [1.54, 1.807) is 17.2 Å². The number of nitrogens with zero attached hydrogens (tertiary/aromatic N) is 5. The van der Waals surface area contributed by atoms with E-state index in [0.29, 0.717) is 19.7 Å². The zero-order chi connectivity index (χ0) is 16.9. The molecule has 128 valence electrons. The number of rotatable bonds is 5. The minimum atomic E-state index is 0.0531. The second kappa shape index (κ2) is 7.53. The van der Waals surface area contributed by atoms with Crippen molar-refractivity contribution in [2.24, 2.45) is 0 Å². The fraction of sp³-hybridized carbons (Fsp3) is 0.529. The summed E-state index contributed by atoms with van der Waals surface area (Å²) in [6, 6.07) is 1.99. The van der Waals surface area contributed by atoms with Gasteiger partial charge in [0.15, 0.2) is 0 Å². The van der Waals surface area contributed by atoms with Crippen molar-refractivity contribution in [1.82, 2.24) is 24.6 Å². The Morgan fingerprint density at radius 1 is 1.38 bits per heavy atom. The van der Waals surface area contributed by atoms with Crippen LogP contribution >= 0.6 is 0 Å². The van der Waals surface area contributed by atoms with E-state index in [0.717, 1.165) is 29.8 Å². The first kappa shape index (κ1) is 16.6. The number of hydrogen-bond donors (Lipinski definition) is 0. The van der Waals surface area contributed by atoms with Crippen LogP contribution in [0, 0.1) is 13.8 Å². The SMILES string of the molecule is Cc1cnn(CC(=O)N2CCO[C@H](CCc3cc(C)ncn3)C2)c1. The molecule has 1 atom stereocenters. The Morgan fingerprint density at radius 2 is 2.25 bits per heavy atom. The molecule has 0 N–H and O–H groups in total. The number of carbonyl (C=O) groups is 1. The number of aromatic nitrogens is 4. The molecule has 1 aliphatic heterocycles. The molecule has 3 rings (SSSR count). The van der Waals surface area contributed by atoms with Gasteiger partial charge in [0.1, 0.15) is 12.9 Å². The van der Waals surface area contributed by atoms with Gasteiger partial charge in [-0.1, -0.05) is 0 Å². The number of morpholine rings is 1. The summed E-state index contributed by atoms with van der Waals surface area (Å²) in [6.45, 7) is 6.06. The fourth-order valence-corrected chi connectivity index (χ4v) is 2.87. The highest BCUT2D eigenvalue weighted by atomic mass is 16.5. The average Bonchev–Trinajstić information content (AvgIpc) is 2.98. The third kappa shape index (κ3) is 4.38. The maximum absolute atomic E-state index is 12.4. The number of ether oxygens (including phenoxy) is 1. The second-order valence-electron chi connectivity index (χ2n) is 6.24. The van der Waals surface area contributed by atoms with Crippen LogP contribution in [0.4, 0.5) is 0 Å². The van der Waals surface area contributed by atoms with E-state index >= 15 is 0 Å². The van der Waals surface area contributed by atoms with Crippen molar-refractivity contribution in [3.8, 4) is 0 Å². The van der Waals surface area contributed by atoms with Crippen LogP contribution in [0.1, 0.15) is 23.4 Å². The molecule has 3 heterocycles. The first-order chi connectivity index (χ1) is 11.6. The zero-order valence-electron chi connectivity index (χ0n) is 14.2. The molecule has 1 aliphatic rings. The van der Waals surface area contributed by atoms with Crippen LogP contribution in [0.15, 0.2) is 24.8 Å². The first-order valence-electron chi connectivity index (χ1n) is 8.26. The normalized spacial score (nSPS) is 17.9. The van der Waals surface area contributed by atoms with Crippen molar-refractivity contribution in [1.29, 1.82) is 0 Å². The van der Waals surface area contributed by atoms with Gasteiger partial charge >= 0.3 is 0 Å². The van der Waals surface area contributed by atoms with Crippen LogP contribution in [-0.4, -0.2) is 56.4 Å². The van der Waals surface area contributed by atoms with Crippen molar-refractivity contribution in [2.75, 3.05) is 19.7 Å². The monoisotopic (exact) mass is 329 g/mol. The van der Waals surface area contributed by atoms with E-state index in [1.807, 2.05) is 31.0 Å². The molecule has 0 spiro atoms. The van der Waals surface area contributed by atoms with Gasteiger partial charge in [0.05, 0.1) is 18.9 Å². The molecule has 7 heteroatoms. The zero-order valence-corrected chi connectivity index (χ0v) is 14.2. The summed E-state index contributed by atoms with van der Waals surface area (Å²) >= 11 is 0. The molecule has 0 saturated carbocycles. The second-order valence-corrected chi connectivity index (χ2v) is 6.24. The van der Waals surface area contributed by atoms with Gasteiger partial charge in [0, 0.05) is 30.7 Å². The molecule has 24 heavy (non-hydrogen) atoms. The Kier molecular flexibility index (Phi) is 5.20. The quantitative estimate of drug-likeness (QED) is 0.823. The molecular formula is C17H23N5O2. The summed E-state index contributed by atoms with van der Waals surface area (Å²) in [4.78, 5) is 22.7. The van der Waals surface area contributed by atoms with E-state index in [9.17, 15) is 4.79 Å². The Hall–Kier alpha value is -2.28. The van der Waals surface area contributed by atoms with E-state index in [2.05, 4.69) is 15.1 Å². The summed E-state index contributed by atoms with van der Waals surface area (Å²) < 4.78 is 7.49. The molecule has 1 amide bonds. The number of amides is 1. The van der Waals surface area contributed by atoms with E-state index in [-0.39, 0.29) is 18.6 Å². The molecule has 0 bridgehead atoms. The van der Waals surface area contributed by atoms with E-state index < -0.39 is 0 Å². The maximum Gasteiger partial charge on any atom is 0.244 e. The van der Waals surface area contributed by atoms with Crippen molar-refractivity contribution in [3.63, 3.8) is 0 Å². The average molecular weight is 329 g/mol. The highest BCUT2D eigenvalue weighted by Crippen LogP contribution is 2.12. The van der Waals surface area contributed by atoms with Gasteiger partial charge in [-0.05, 0) is 38.3 Å². The Balaban J connectivity index is 1.51. The smallest absolute Gasteiger partial charge is 0.244 e. The summed E-state index contributed by atoms with van der Waals surface area (Å²) in [5.41, 5.74) is 3.04. The van der Waals surface area contributed by atoms with Gasteiger partial charge in [-0.2, -0.15) is 5.10 Å². The lowest BCUT2D eigenvalue weighted by atomic mass is 10.1. The molecular weight excluding hydrogens is 306 g/mol. The topological polar surface area (TPSA) is 73.1 Å². The van der Waals surface area contributed by atoms with E-state index in [4.69, 9.17) is 4.74 Å². The molecule has 0 aliphatic carbocycles. The molecule has 0 unspecified atom stereocenters. The predicted molar refractivity (Wildman–Crippen MR) is 88.4 cm³/mol. The Labute approximate surface area is 141 Å². The summed E-state index contributed by atoms with van der Waals surface area (Å²) in [5, 5.41) is 4.18. The predicted octanol–water partition coefficient (Wildman–Crippen LogP) is 1.15. The van der Waals surface area contributed by atoms with Gasteiger partial charge in [0.25, 0.3) is 0 Å². The van der Waals surface area contributed by atoms with Gasteiger partial charge in [-0.25, -0.2) is 9.97 Å². The van der Waals surface area contributed by atoms with Gasteiger partial charge in [-0.15, -0.1) is 0 Å². The minimum Gasteiger partial charge on any atom is -0.375 e. The van der Waals surface area contributed by atoms with Crippen LogP contribution in [0.5, 0.6) is 0 Å². The molecule has 2 aromatic rings. The van der Waals surface area contributed by atoms with Gasteiger partial charge < -0.3 is 9.64 Å². The van der Waals surface area contributed by atoms with Gasteiger partial charge in [-0.3, -0.25) is 9.48 Å². The molecule has 0 aromatic carbocycles. The lowest BCUT2D eigenvalue weighted by molar-refractivity contribution is -0.139. The highest BCUT2D eigenvalue weighted by Gasteiger charge is 2.24. The van der Waals surface area contributed by atoms with Crippen molar-refractivity contribution >= 4 is 5.91 Å². The highest BCUT2D eigenvalue weighted by molar-refractivity contribution is 5.76. The van der Waals surface area contributed by atoms with Crippen molar-refractivity contribution < 1.29 is 9.53 Å². The first-order valence-corrected chi connectivity index (χ1v) is 8.26. The number of hydrogen-bond acceptors (Lipinski definition) is 5. The summed E-state index contributed by atoms with van der Waals surface area (Å²) in [5.74, 6) is 0.0873. The Bertz CT molecular complexity index is 700. The number of carbonyl (C=O) groups excluding carboxylic acids is 1. The maximum atomic E-state index is 12.4. The standard InChI is InChI=1S/C17H23N5O2/c1-13-8-20-22(9-13)11-17(23)21-5-6-24-16(10-21)4-3-15-7-14(2)18-12-19-15/h7-9,12,16H,3-6,10-11H2,1-2H3/t16-/m1/s1. The van der Waals surface area contributed by atoms with Crippen molar-refractivity contribution in [3.05, 3.63) is 41.7 Å². The molecule has 1 saturated heterocycles. The van der Waals surface area contributed by atoms with Crippen LogP contribution in [0.2, 0.25) is 0 Å². The van der Waals surface area contributed by atoms with Crippen molar-refractivity contribution in [2.45, 2.75) is 39.3 Å². The lowest BCUT2D eigenvalue weighted by Gasteiger charge is -2.33. The van der Waals surface area contributed by atoms with Crippen LogP contribution in [0.25, 0.3) is 0 Å². The van der Waals surface area contributed by atoms with E-state index in [1.165, 1.54) is 0 Å². The largest absolute Gasteiger partial charge is 0.375 e. The third-order valence-corrected chi connectivity index (χ3v) is 4.13. The van der Waals surface area contributed by atoms with Crippen LogP contribution in [-0.2, 0) is 22.5 Å². The Morgan fingerprint density at radius 3 is 3.00 bits per heavy atom. The lowest BCUT2D eigenvalue weighted by Crippen LogP contribution is -2.46. The third-order valence-electron chi connectivity index (χ3n) is 4.13. The fourth-order valence-electron chi connectivity index (χ4n) is 2.87. The summed E-state index contributed by atoms with van der Waals surface area (Å²) in [6.07, 6.45) is 6.97. The van der Waals surface area contributed by atoms with Gasteiger partial charge in [0.2, 0.25) is 5.91 Å². The van der Waals surface area contributed by atoms with Crippen LogP contribution in [0.3, 0.4) is 0 Å². The minimum absolute atomic E-state index is 0.0531. The molecule has 0 radical (unpaired) electrons. The van der Waals surface area contributed by atoms with Crippen LogP contribution < -0.4 is 0 Å². The summed E-state index contributed by atoms with van der Waals surface area (Å²) in [7, 11) is 0. The molecule has 1 fully saturated rings. The number of aryl methyl sites for hydroxylation is 3.